The van der Waals surface area contributed by atoms with E-state index in [1.165, 1.54) is 12.1 Å². The van der Waals surface area contributed by atoms with Crippen LogP contribution < -0.4 is 0 Å². The lowest BCUT2D eigenvalue weighted by atomic mass is 10.1. The van der Waals surface area contributed by atoms with Crippen molar-refractivity contribution in [3.63, 3.8) is 0 Å². The molecule has 0 bridgehead atoms. The van der Waals surface area contributed by atoms with Crippen LogP contribution in [0.5, 0.6) is 0 Å². The summed E-state index contributed by atoms with van der Waals surface area (Å²) in [6.45, 7) is 6.26. The summed E-state index contributed by atoms with van der Waals surface area (Å²) in [4.78, 5) is 2.12. The third kappa shape index (κ3) is 4.90. The van der Waals surface area contributed by atoms with Crippen molar-refractivity contribution >= 4 is 0 Å². The SMILES string of the molecule is C=C(/C=C\C=C/CCC)N(C)C1=CCCC=C1. The summed E-state index contributed by atoms with van der Waals surface area (Å²) in [6.07, 6.45) is 19.6. The Morgan fingerprint density at radius 1 is 1.41 bits per heavy atom. The second kappa shape index (κ2) is 7.72. The van der Waals surface area contributed by atoms with E-state index in [2.05, 4.69) is 68.0 Å². The van der Waals surface area contributed by atoms with E-state index >= 15 is 0 Å². The lowest BCUT2D eigenvalue weighted by Gasteiger charge is -2.22. The molecule has 0 unspecified atom stereocenters. The van der Waals surface area contributed by atoms with Crippen molar-refractivity contribution in [1.29, 1.82) is 0 Å². The Kier molecular flexibility index (Phi) is 6.16. The van der Waals surface area contributed by atoms with Gasteiger partial charge in [0.1, 0.15) is 0 Å². The first-order chi connectivity index (χ1) is 8.25. The molecule has 92 valence electrons. The van der Waals surface area contributed by atoms with Crippen LogP contribution in [0, 0.1) is 0 Å². The van der Waals surface area contributed by atoms with E-state index in [1.54, 1.807) is 0 Å². The summed E-state index contributed by atoms with van der Waals surface area (Å²) in [5.41, 5.74) is 2.26. The first-order valence-corrected chi connectivity index (χ1v) is 6.38. The number of hydrogen-bond donors (Lipinski definition) is 0. The quantitative estimate of drug-likeness (QED) is 0.603. The molecule has 1 rings (SSSR count). The van der Waals surface area contributed by atoms with Crippen LogP contribution in [0.15, 0.2) is 60.5 Å². The van der Waals surface area contributed by atoms with Gasteiger partial charge in [0.05, 0.1) is 0 Å². The van der Waals surface area contributed by atoms with Gasteiger partial charge in [-0.25, -0.2) is 0 Å². The van der Waals surface area contributed by atoms with Crippen molar-refractivity contribution in [2.45, 2.75) is 32.6 Å². The van der Waals surface area contributed by atoms with Crippen LogP contribution in [0.4, 0.5) is 0 Å². The minimum absolute atomic E-state index is 1.02. The van der Waals surface area contributed by atoms with E-state index in [1.807, 2.05) is 0 Å². The fourth-order valence-electron chi connectivity index (χ4n) is 1.63. The molecule has 17 heavy (non-hydrogen) atoms. The first-order valence-electron chi connectivity index (χ1n) is 6.38. The number of hydrogen-bond acceptors (Lipinski definition) is 1. The molecule has 0 amide bonds. The number of likely N-dealkylation sites (N-methyl/N-ethyl adjacent to an activating group) is 1. The van der Waals surface area contributed by atoms with Crippen molar-refractivity contribution < 1.29 is 0 Å². The summed E-state index contributed by atoms with van der Waals surface area (Å²) in [5.74, 6) is 0. The predicted octanol–water partition coefficient (Wildman–Crippen LogP) is 4.58. The average Bonchev–Trinajstić information content (AvgIpc) is 2.38. The lowest BCUT2D eigenvalue weighted by molar-refractivity contribution is 0.550. The third-order valence-electron chi connectivity index (χ3n) is 2.78. The molecule has 0 N–H and O–H groups in total. The van der Waals surface area contributed by atoms with Gasteiger partial charge in [-0.2, -0.15) is 0 Å². The zero-order valence-corrected chi connectivity index (χ0v) is 11.0. The average molecular weight is 229 g/mol. The Balaban J connectivity index is 2.46. The summed E-state index contributed by atoms with van der Waals surface area (Å²) in [6, 6.07) is 0. The van der Waals surface area contributed by atoms with Crippen molar-refractivity contribution in [3.05, 3.63) is 60.5 Å². The molecule has 0 fully saturated rings. The van der Waals surface area contributed by atoms with Gasteiger partial charge in [0.15, 0.2) is 0 Å². The van der Waals surface area contributed by atoms with Crippen molar-refractivity contribution in [1.82, 2.24) is 4.90 Å². The Bertz CT molecular complexity index is 356. The van der Waals surface area contributed by atoms with Crippen molar-refractivity contribution in [2.24, 2.45) is 0 Å². The van der Waals surface area contributed by atoms with E-state index in [9.17, 15) is 0 Å². The summed E-state index contributed by atoms with van der Waals surface area (Å²) in [5, 5.41) is 0. The maximum Gasteiger partial charge on any atom is 0.0364 e. The van der Waals surface area contributed by atoms with Crippen LogP contribution in [0.1, 0.15) is 32.6 Å². The second-order valence-corrected chi connectivity index (χ2v) is 4.24. The normalized spacial score (nSPS) is 15.5. The Morgan fingerprint density at radius 3 is 2.88 bits per heavy atom. The molecular formula is C16H23N. The minimum Gasteiger partial charge on any atom is -0.345 e. The minimum atomic E-state index is 1.02. The van der Waals surface area contributed by atoms with Gasteiger partial charge in [0, 0.05) is 18.4 Å². The van der Waals surface area contributed by atoms with Gasteiger partial charge in [0.25, 0.3) is 0 Å². The molecule has 1 aliphatic carbocycles. The van der Waals surface area contributed by atoms with Gasteiger partial charge in [-0.3, -0.25) is 0 Å². The highest BCUT2D eigenvalue weighted by molar-refractivity contribution is 5.29. The molecule has 1 heteroatoms. The molecule has 0 saturated heterocycles. The topological polar surface area (TPSA) is 3.24 Å². The van der Waals surface area contributed by atoms with Gasteiger partial charge >= 0.3 is 0 Å². The Labute approximate surface area is 106 Å². The monoisotopic (exact) mass is 229 g/mol. The Hall–Kier alpha value is -1.50. The molecule has 0 saturated carbocycles. The van der Waals surface area contributed by atoms with Gasteiger partial charge in [-0.05, 0) is 31.4 Å². The van der Waals surface area contributed by atoms with E-state index in [4.69, 9.17) is 0 Å². The van der Waals surface area contributed by atoms with Crippen LogP contribution in [-0.4, -0.2) is 11.9 Å². The van der Waals surface area contributed by atoms with Crippen LogP contribution in [0.2, 0.25) is 0 Å². The van der Waals surface area contributed by atoms with Crippen LogP contribution >= 0.6 is 0 Å². The highest BCUT2D eigenvalue weighted by Crippen LogP contribution is 2.16. The molecule has 0 atom stereocenters. The molecular weight excluding hydrogens is 206 g/mol. The van der Waals surface area contributed by atoms with Crippen LogP contribution in [0.3, 0.4) is 0 Å². The number of nitrogens with zero attached hydrogens (tertiary/aromatic N) is 1. The highest BCUT2D eigenvalue weighted by Gasteiger charge is 2.04. The fourth-order valence-corrected chi connectivity index (χ4v) is 1.63. The second-order valence-electron chi connectivity index (χ2n) is 4.24. The zero-order chi connectivity index (χ0) is 12.5. The number of unbranched alkanes of at least 4 members (excludes halogenated alkanes) is 1. The zero-order valence-electron chi connectivity index (χ0n) is 11.0. The highest BCUT2D eigenvalue weighted by atomic mass is 15.1. The molecule has 0 spiro atoms. The van der Waals surface area contributed by atoms with Gasteiger partial charge < -0.3 is 4.90 Å². The molecule has 0 heterocycles. The molecule has 0 radical (unpaired) electrons. The standard InChI is InChI=1S/C16H23N/c1-4-5-6-7-9-12-15(2)17(3)16-13-10-8-11-14-16/h6-7,9-10,12-14H,2,4-5,8,11H2,1,3H3/b7-6-,12-9-. The lowest BCUT2D eigenvalue weighted by Crippen LogP contribution is -2.14. The first kappa shape index (κ1) is 13.6. The van der Waals surface area contributed by atoms with Gasteiger partial charge in [-0.1, -0.05) is 50.3 Å². The Morgan fingerprint density at radius 2 is 2.24 bits per heavy atom. The fraction of sp³-hybridized carbons (Fsp3) is 0.375. The summed E-state index contributed by atoms with van der Waals surface area (Å²) >= 11 is 0. The molecule has 0 aromatic heterocycles. The summed E-state index contributed by atoms with van der Waals surface area (Å²) in [7, 11) is 2.06. The molecule has 1 aliphatic rings. The molecule has 0 aliphatic heterocycles. The van der Waals surface area contributed by atoms with Crippen LogP contribution in [0.25, 0.3) is 0 Å². The van der Waals surface area contributed by atoms with Gasteiger partial charge in [0.2, 0.25) is 0 Å². The molecule has 0 aromatic rings. The van der Waals surface area contributed by atoms with Gasteiger partial charge in [-0.15, -0.1) is 0 Å². The molecule has 0 aromatic carbocycles. The van der Waals surface area contributed by atoms with Crippen molar-refractivity contribution in [2.75, 3.05) is 7.05 Å². The van der Waals surface area contributed by atoms with E-state index in [0.717, 1.165) is 25.0 Å². The summed E-state index contributed by atoms with van der Waals surface area (Å²) < 4.78 is 0. The van der Waals surface area contributed by atoms with Crippen molar-refractivity contribution in [3.8, 4) is 0 Å². The van der Waals surface area contributed by atoms with E-state index < -0.39 is 0 Å². The predicted molar refractivity (Wildman–Crippen MR) is 76.5 cm³/mol. The van der Waals surface area contributed by atoms with E-state index in [-0.39, 0.29) is 0 Å². The maximum absolute atomic E-state index is 4.08. The maximum atomic E-state index is 4.08. The number of allylic oxidation sites excluding steroid dienone is 7. The molecule has 1 nitrogen and oxygen atoms in total. The smallest absolute Gasteiger partial charge is 0.0364 e. The third-order valence-corrected chi connectivity index (χ3v) is 2.78. The van der Waals surface area contributed by atoms with Crippen LogP contribution in [-0.2, 0) is 0 Å². The van der Waals surface area contributed by atoms with E-state index in [0.29, 0.717) is 0 Å². The largest absolute Gasteiger partial charge is 0.345 e. The number of rotatable bonds is 6.